The van der Waals surface area contributed by atoms with E-state index in [0.29, 0.717) is 16.7 Å². The molecule has 0 spiro atoms. The van der Waals surface area contributed by atoms with Crippen molar-refractivity contribution in [3.63, 3.8) is 0 Å². The second-order valence-electron chi connectivity index (χ2n) is 5.84. The zero-order valence-electron chi connectivity index (χ0n) is 13.6. The monoisotopic (exact) mass is 326 g/mol. The first-order valence-electron chi connectivity index (χ1n) is 7.66. The van der Waals surface area contributed by atoms with Crippen LogP contribution in [-0.2, 0) is 4.79 Å². The van der Waals surface area contributed by atoms with Gasteiger partial charge < -0.3 is 0 Å². The molecule has 1 unspecified atom stereocenters. The number of hydrogen-bond donors (Lipinski definition) is 2. The highest BCUT2D eigenvalue weighted by atomic mass is 16.2. The number of H-pyrrole nitrogens is 1. The molecule has 2 N–H and O–H groups in total. The van der Waals surface area contributed by atoms with Crippen LogP contribution >= 0.6 is 0 Å². The lowest BCUT2D eigenvalue weighted by Gasteiger charge is -2.13. The summed E-state index contributed by atoms with van der Waals surface area (Å²) in [6.45, 7) is 5.56. The third-order valence-electron chi connectivity index (χ3n) is 3.77. The van der Waals surface area contributed by atoms with Crippen LogP contribution in [0, 0.1) is 0 Å². The SMILES string of the molecule is CC(C)c1nc(NC(=O)C(C)n2cnc3ccccc3c2=O)n[nH]1. The number of aromatic amines is 1. The Morgan fingerprint density at radius 1 is 1.25 bits per heavy atom. The molecule has 0 fully saturated rings. The van der Waals surface area contributed by atoms with E-state index >= 15 is 0 Å². The molecule has 3 aromatic rings. The fourth-order valence-corrected chi connectivity index (χ4v) is 2.29. The van der Waals surface area contributed by atoms with Gasteiger partial charge in [-0.1, -0.05) is 26.0 Å². The largest absolute Gasteiger partial charge is 0.291 e. The molecular formula is C16H18N6O2. The predicted octanol–water partition coefficient (Wildman–Crippen LogP) is 1.84. The molecular weight excluding hydrogens is 308 g/mol. The van der Waals surface area contributed by atoms with Gasteiger partial charge >= 0.3 is 0 Å². The van der Waals surface area contributed by atoms with Crippen molar-refractivity contribution in [2.75, 3.05) is 5.32 Å². The topological polar surface area (TPSA) is 106 Å². The second-order valence-corrected chi connectivity index (χ2v) is 5.84. The summed E-state index contributed by atoms with van der Waals surface area (Å²) >= 11 is 0. The maximum absolute atomic E-state index is 12.5. The Morgan fingerprint density at radius 2 is 2.00 bits per heavy atom. The van der Waals surface area contributed by atoms with Crippen molar-refractivity contribution in [2.24, 2.45) is 0 Å². The van der Waals surface area contributed by atoms with E-state index in [1.54, 1.807) is 25.1 Å². The van der Waals surface area contributed by atoms with Gasteiger partial charge in [0.05, 0.1) is 17.2 Å². The third kappa shape index (κ3) is 2.90. The summed E-state index contributed by atoms with van der Waals surface area (Å²) in [6, 6.07) is 6.28. The Morgan fingerprint density at radius 3 is 2.71 bits per heavy atom. The van der Waals surface area contributed by atoms with Crippen molar-refractivity contribution in [2.45, 2.75) is 32.7 Å². The Hall–Kier alpha value is -3.03. The Bertz CT molecular complexity index is 943. The van der Waals surface area contributed by atoms with Crippen LogP contribution in [0.15, 0.2) is 35.4 Å². The zero-order chi connectivity index (χ0) is 17.3. The van der Waals surface area contributed by atoms with E-state index in [0.717, 1.165) is 0 Å². The van der Waals surface area contributed by atoms with Gasteiger partial charge in [-0.3, -0.25) is 24.6 Å². The van der Waals surface area contributed by atoms with Crippen LogP contribution < -0.4 is 10.9 Å². The van der Waals surface area contributed by atoms with Gasteiger partial charge in [-0.25, -0.2) is 4.98 Å². The van der Waals surface area contributed by atoms with Crippen LogP contribution in [0.4, 0.5) is 5.95 Å². The lowest BCUT2D eigenvalue weighted by Crippen LogP contribution is -2.32. The number of benzene rings is 1. The number of nitrogens with one attached hydrogen (secondary N) is 2. The Balaban J connectivity index is 1.85. The number of carbonyl (C=O) groups excluding carboxylic acids is 1. The van der Waals surface area contributed by atoms with Gasteiger partial charge in [0.25, 0.3) is 5.56 Å². The summed E-state index contributed by atoms with van der Waals surface area (Å²) in [6.07, 6.45) is 1.38. The van der Waals surface area contributed by atoms with E-state index in [2.05, 4.69) is 25.5 Å². The van der Waals surface area contributed by atoms with Crippen LogP contribution in [0.2, 0.25) is 0 Å². The molecule has 1 atom stereocenters. The fraction of sp³-hybridized carbons (Fsp3) is 0.312. The van der Waals surface area contributed by atoms with Crippen molar-refractivity contribution >= 4 is 22.8 Å². The minimum absolute atomic E-state index is 0.174. The molecule has 0 bridgehead atoms. The highest BCUT2D eigenvalue weighted by molar-refractivity contribution is 5.92. The summed E-state index contributed by atoms with van der Waals surface area (Å²) in [5.41, 5.74) is 0.336. The van der Waals surface area contributed by atoms with Crippen LogP contribution in [-0.4, -0.2) is 30.6 Å². The summed E-state index contributed by atoms with van der Waals surface area (Å²) in [7, 11) is 0. The molecule has 8 heteroatoms. The highest BCUT2D eigenvalue weighted by Gasteiger charge is 2.19. The summed E-state index contributed by atoms with van der Waals surface area (Å²) < 4.78 is 1.30. The Kier molecular flexibility index (Phi) is 4.11. The minimum Gasteiger partial charge on any atom is -0.291 e. The van der Waals surface area contributed by atoms with Crippen molar-refractivity contribution < 1.29 is 4.79 Å². The van der Waals surface area contributed by atoms with Crippen LogP contribution in [0.5, 0.6) is 0 Å². The standard InChI is InChI=1S/C16H18N6O2/c1-9(2)13-18-16(21-20-13)19-14(23)10(3)22-8-17-12-7-5-4-6-11(12)15(22)24/h4-10H,1-3H3,(H2,18,19,20,21,23). The molecule has 124 valence electrons. The fourth-order valence-electron chi connectivity index (χ4n) is 2.29. The van der Waals surface area contributed by atoms with E-state index in [-0.39, 0.29) is 23.3 Å². The number of nitrogens with zero attached hydrogens (tertiary/aromatic N) is 4. The van der Waals surface area contributed by atoms with Crippen molar-refractivity contribution in [3.8, 4) is 0 Å². The lowest BCUT2D eigenvalue weighted by atomic mass is 10.2. The van der Waals surface area contributed by atoms with Crippen LogP contribution in [0.3, 0.4) is 0 Å². The molecule has 1 amide bonds. The number of aromatic nitrogens is 5. The van der Waals surface area contributed by atoms with Gasteiger partial charge in [0.15, 0.2) is 0 Å². The lowest BCUT2D eigenvalue weighted by molar-refractivity contribution is -0.118. The first kappa shape index (κ1) is 15.9. The number of amides is 1. The smallest absolute Gasteiger partial charge is 0.261 e. The molecule has 24 heavy (non-hydrogen) atoms. The molecule has 1 aromatic carbocycles. The zero-order valence-corrected chi connectivity index (χ0v) is 13.6. The molecule has 0 aliphatic heterocycles. The van der Waals surface area contributed by atoms with Crippen LogP contribution in [0.25, 0.3) is 10.9 Å². The van der Waals surface area contributed by atoms with E-state index < -0.39 is 6.04 Å². The minimum atomic E-state index is -0.740. The maximum atomic E-state index is 12.5. The molecule has 0 aliphatic carbocycles. The average molecular weight is 326 g/mol. The van der Waals surface area contributed by atoms with Gasteiger partial charge in [-0.2, -0.15) is 4.98 Å². The molecule has 0 saturated carbocycles. The molecule has 8 nitrogen and oxygen atoms in total. The number of hydrogen-bond acceptors (Lipinski definition) is 5. The van der Waals surface area contributed by atoms with Crippen LogP contribution in [0.1, 0.15) is 38.6 Å². The van der Waals surface area contributed by atoms with E-state index in [4.69, 9.17) is 0 Å². The first-order valence-corrected chi connectivity index (χ1v) is 7.66. The van der Waals surface area contributed by atoms with Crippen molar-refractivity contribution in [1.82, 2.24) is 24.7 Å². The summed E-state index contributed by atoms with van der Waals surface area (Å²) in [4.78, 5) is 33.3. The molecule has 2 aromatic heterocycles. The summed E-state index contributed by atoms with van der Waals surface area (Å²) in [5.74, 6) is 0.663. The van der Waals surface area contributed by atoms with Gasteiger partial charge in [-0.15, -0.1) is 5.10 Å². The molecule has 2 heterocycles. The van der Waals surface area contributed by atoms with E-state index in [1.165, 1.54) is 10.9 Å². The predicted molar refractivity (Wildman–Crippen MR) is 89.8 cm³/mol. The highest BCUT2D eigenvalue weighted by Crippen LogP contribution is 2.12. The molecule has 0 radical (unpaired) electrons. The molecule has 3 rings (SSSR count). The first-order chi connectivity index (χ1) is 11.5. The number of carbonyl (C=O) groups is 1. The van der Waals surface area contributed by atoms with Crippen molar-refractivity contribution in [1.29, 1.82) is 0 Å². The number of anilines is 1. The summed E-state index contributed by atoms with van der Waals surface area (Å²) in [5, 5.41) is 9.81. The van der Waals surface area contributed by atoms with Crippen molar-refractivity contribution in [3.05, 3.63) is 46.8 Å². The second kappa shape index (κ2) is 6.23. The number of fused-ring (bicyclic) bond motifs is 1. The van der Waals surface area contributed by atoms with E-state index in [1.807, 2.05) is 19.9 Å². The van der Waals surface area contributed by atoms with Gasteiger partial charge in [-0.05, 0) is 19.1 Å². The average Bonchev–Trinajstić information content (AvgIpc) is 3.03. The molecule has 0 aliphatic rings. The third-order valence-corrected chi connectivity index (χ3v) is 3.77. The Labute approximate surface area is 137 Å². The van der Waals surface area contributed by atoms with Gasteiger partial charge in [0.1, 0.15) is 11.9 Å². The quantitative estimate of drug-likeness (QED) is 0.761. The maximum Gasteiger partial charge on any atom is 0.261 e. The van der Waals surface area contributed by atoms with Gasteiger partial charge in [0, 0.05) is 5.92 Å². The van der Waals surface area contributed by atoms with E-state index in [9.17, 15) is 9.59 Å². The normalized spacial score (nSPS) is 12.5. The number of para-hydroxylation sites is 1. The molecule has 0 saturated heterocycles. The number of rotatable bonds is 4. The van der Waals surface area contributed by atoms with Gasteiger partial charge in [0.2, 0.25) is 11.9 Å².